The first-order valence-electron chi connectivity index (χ1n) is 10.4. The summed E-state index contributed by atoms with van der Waals surface area (Å²) in [6, 6.07) is 15.3. The summed E-state index contributed by atoms with van der Waals surface area (Å²) in [5.41, 5.74) is 1.94. The van der Waals surface area contributed by atoms with Crippen molar-refractivity contribution in [3.63, 3.8) is 0 Å². The second-order valence-electron chi connectivity index (χ2n) is 7.75. The van der Waals surface area contributed by atoms with E-state index in [9.17, 15) is 4.79 Å². The van der Waals surface area contributed by atoms with Crippen molar-refractivity contribution >= 4 is 17.3 Å². The zero-order chi connectivity index (χ0) is 20.9. The fourth-order valence-electron chi connectivity index (χ4n) is 3.66. The molecule has 0 saturated carbocycles. The quantitative estimate of drug-likeness (QED) is 0.789. The van der Waals surface area contributed by atoms with E-state index in [0.717, 1.165) is 49.2 Å². The monoisotopic (exact) mass is 411 g/mol. The number of para-hydroxylation sites is 2. The Kier molecular flexibility index (Phi) is 6.40. The maximum atomic E-state index is 12.7. The first-order valence-corrected chi connectivity index (χ1v) is 10.4. The van der Waals surface area contributed by atoms with Gasteiger partial charge in [0.05, 0.1) is 19.3 Å². The average Bonchev–Trinajstić information content (AvgIpc) is 2.79. The largest absolute Gasteiger partial charge is 0.486 e. The van der Waals surface area contributed by atoms with E-state index in [1.165, 1.54) is 0 Å². The highest BCUT2D eigenvalue weighted by Crippen LogP contribution is 2.31. The Morgan fingerprint density at radius 2 is 1.83 bits per heavy atom. The number of carbonyl (C=O) groups is 1. The molecule has 0 radical (unpaired) electrons. The average molecular weight is 412 g/mol. The van der Waals surface area contributed by atoms with E-state index in [0.29, 0.717) is 13.2 Å². The second kappa shape index (κ2) is 9.36. The molecule has 2 atom stereocenters. The molecule has 0 spiro atoms. The number of benzene rings is 2. The van der Waals surface area contributed by atoms with E-state index >= 15 is 0 Å². The summed E-state index contributed by atoms with van der Waals surface area (Å²) in [7, 11) is 1.93. The summed E-state index contributed by atoms with van der Waals surface area (Å²) in [5.74, 6) is 1.47. The molecule has 2 heterocycles. The number of ether oxygens (including phenoxy) is 3. The number of nitrogens with zero attached hydrogens (tertiary/aromatic N) is 2. The van der Waals surface area contributed by atoms with E-state index in [-0.39, 0.29) is 18.1 Å². The van der Waals surface area contributed by atoms with Crippen molar-refractivity contribution in [2.45, 2.75) is 19.1 Å². The van der Waals surface area contributed by atoms with Gasteiger partial charge < -0.3 is 24.4 Å². The van der Waals surface area contributed by atoms with Crippen LogP contribution in [0.2, 0.25) is 0 Å². The Morgan fingerprint density at radius 1 is 1.13 bits per heavy atom. The molecule has 2 aromatic rings. The van der Waals surface area contributed by atoms with Crippen LogP contribution in [-0.4, -0.2) is 69.5 Å². The minimum absolute atomic E-state index is 0.0475. The van der Waals surface area contributed by atoms with Gasteiger partial charge in [0, 0.05) is 31.0 Å². The van der Waals surface area contributed by atoms with Crippen LogP contribution < -0.4 is 19.7 Å². The minimum atomic E-state index is -0.301. The Hall–Kier alpha value is -2.77. The van der Waals surface area contributed by atoms with E-state index in [4.69, 9.17) is 14.2 Å². The first kappa shape index (κ1) is 20.5. The predicted octanol–water partition coefficient (Wildman–Crippen LogP) is 2.62. The van der Waals surface area contributed by atoms with Crippen LogP contribution in [0.25, 0.3) is 0 Å². The lowest BCUT2D eigenvalue weighted by molar-refractivity contribution is -0.120. The first-order chi connectivity index (χ1) is 14.6. The van der Waals surface area contributed by atoms with Crippen molar-refractivity contribution in [2.24, 2.45) is 0 Å². The number of fused-ring (bicyclic) bond motifs is 1. The standard InChI is InChI=1S/C23H29N3O4/c1-17(25(2)15-20-16-29-21-5-3-4-6-22(21)30-20)23(27)24-18-7-9-19(10-8-18)26-11-13-28-14-12-26/h3-10,17,20H,11-16H2,1-2H3,(H,24,27)/t17-,20+/m0/s1. The van der Waals surface area contributed by atoms with E-state index in [1.807, 2.05) is 67.4 Å². The van der Waals surface area contributed by atoms with Crippen LogP contribution in [-0.2, 0) is 9.53 Å². The number of nitrogens with one attached hydrogen (secondary N) is 1. The van der Waals surface area contributed by atoms with Gasteiger partial charge in [-0.1, -0.05) is 12.1 Å². The van der Waals surface area contributed by atoms with Gasteiger partial charge in [-0.2, -0.15) is 0 Å². The zero-order valence-corrected chi connectivity index (χ0v) is 17.5. The van der Waals surface area contributed by atoms with Gasteiger partial charge in [-0.15, -0.1) is 0 Å². The van der Waals surface area contributed by atoms with Gasteiger partial charge in [0.15, 0.2) is 11.5 Å². The van der Waals surface area contributed by atoms with E-state index in [1.54, 1.807) is 0 Å². The topological polar surface area (TPSA) is 63.3 Å². The summed E-state index contributed by atoms with van der Waals surface area (Å²) in [5, 5.41) is 3.01. The maximum absolute atomic E-state index is 12.7. The number of morpholine rings is 1. The molecule has 0 bridgehead atoms. The van der Waals surface area contributed by atoms with Crippen LogP contribution in [0.1, 0.15) is 6.92 Å². The fraction of sp³-hybridized carbons (Fsp3) is 0.435. The molecule has 1 amide bonds. The van der Waals surface area contributed by atoms with Crippen molar-refractivity contribution in [2.75, 3.05) is 56.7 Å². The van der Waals surface area contributed by atoms with Gasteiger partial charge in [0.2, 0.25) is 5.91 Å². The molecule has 2 aromatic carbocycles. The molecule has 0 unspecified atom stereocenters. The third-order valence-corrected chi connectivity index (χ3v) is 5.61. The number of anilines is 2. The van der Waals surface area contributed by atoms with Crippen molar-refractivity contribution in [1.82, 2.24) is 4.90 Å². The predicted molar refractivity (Wildman–Crippen MR) is 117 cm³/mol. The van der Waals surface area contributed by atoms with Gasteiger partial charge in [0.25, 0.3) is 0 Å². The highest BCUT2D eigenvalue weighted by atomic mass is 16.6. The zero-order valence-electron chi connectivity index (χ0n) is 17.5. The Bertz CT molecular complexity index is 852. The molecular weight excluding hydrogens is 382 g/mol. The SMILES string of the molecule is C[C@@H](C(=O)Nc1ccc(N2CCOCC2)cc1)N(C)C[C@@H]1COc2ccccc2O1. The number of hydrogen-bond donors (Lipinski definition) is 1. The van der Waals surface area contributed by atoms with Crippen LogP contribution in [0, 0.1) is 0 Å². The molecule has 0 aliphatic carbocycles. The summed E-state index contributed by atoms with van der Waals surface area (Å²) >= 11 is 0. The molecule has 1 saturated heterocycles. The molecule has 160 valence electrons. The molecule has 0 aromatic heterocycles. The minimum Gasteiger partial charge on any atom is -0.486 e. The van der Waals surface area contributed by atoms with Gasteiger partial charge in [-0.05, 0) is 50.4 Å². The highest BCUT2D eigenvalue weighted by Gasteiger charge is 2.26. The normalized spacial score (nSPS) is 19.4. The Balaban J connectivity index is 1.29. The Labute approximate surface area is 177 Å². The number of amides is 1. The highest BCUT2D eigenvalue weighted by molar-refractivity contribution is 5.94. The lowest BCUT2D eigenvalue weighted by atomic mass is 10.2. The molecule has 2 aliphatic rings. The van der Waals surface area contributed by atoms with Crippen molar-refractivity contribution < 1.29 is 19.0 Å². The third kappa shape index (κ3) is 4.86. The molecule has 30 heavy (non-hydrogen) atoms. The van der Waals surface area contributed by atoms with Crippen molar-refractivity contribution in [3.8, 4) is 11.5 Å². The number of carbonyl (C=O) groups excluding carboxylic acids is 1. The summed E-state index contributed by atoms with van der Waals surface area (Å²) in [6.45, 7) is 6.26. The molecule has 1 N–H and O–H groups in total. The van der Waals surface area contributed by atoms with Crippen LogP contribution in [0.15, 0.2) is 48.5 Å². The number of rotatable bonds is 6. The molecule has 7 heteroatoms. The molecule has 2 aliphatic heterocycles. The van der Waals surface area contributed by atoms with Gasteiger partial charge in [-0.3, -0.25) is 9.69 Å². The van der Waals surface area contributed by atoms with Crippen molar-refractivity contribution in [3.05, 3.63) is 48.5 Å². The third-order valence-electron chi connectivity index (χ3n) is 5.61. The lowest BCUT2D eigenvalue weighted by Crippen LogP contribution is -2.46. The number of hydrogen-bond acceptors (Lipinski definition) is 6. The molecule has 1 fully saturated rings. The molecule has 4 rings (SSSR count). The number of likely N-dealkylation sites (N-methyl/N-ethyl adjacent to an activating group) is 1. The molecular formula is C23H29N3O4. The summed E-state index contributed by atoms with van der Waals surface area (Å²) in [6.07, 6.45) is -0.118. The second-order valence-corrected chi connectivity index (χ2v) is 7.75. The van der Waals surface area contributed by atoms with Crippen LogP contribution in [0.3, 0.4) is 0 Å². The van der Waals surface area contributed by atoms with Gasteiger partial charge in [0.1, 0.15) is 12.7 Å². The van der Waals surface area contributed by atoms with E-state index in [2.05, 4.69) is 10.2 Å². The van der Waals surface area contributed by atoms with Gasteiger partial charge in [-0.25, -0.2) is 0 Å². The smallest absolute Gasteiger partial charge is 0.241 e. The van der Waals surface area contributed by atoms with E-state index < -0.39 is 0 Å². The lowest BCUT2D eigenvalue weighted by Gasteiger charge is -2.31. The summed E-state index contributed by atoms with van der Waals surface area (Å²) in [4.78, 5) is 17.0. The van der Waals surface area contributed by atoms with Crippen LogP contribution in [0.5, 0.6) is 11.5 Å². The van der Waals surface area contributed by atoms with Crippen molar-refractivity contribution in [1.29, 1.82) is 0 Å². The van der Waals surface area contributed by atoms with Gasteiger partial charge >= 0.3 is 0 Å². The summed E-state index contributed by atoms with van der Waals surface area (Å²) < 4.78 is 17.2. The Morgan fingerprint density at radius 3 is 2.57 bits per heavy atom. The maximum Gasteiger partial charge on any atom is 0.241 e. The van der Waals surface area contributed by atoms with Crippen LogP contribution in [0.4, 0.5) is 11.4 Å². The molecule has 7 nitrogen and oxygen atoms in total. The fourth-order valence-corrected chi connectivity index (χ4v) is 3.66. The van der Waals surface area contributed by atoms with Crippen LogP contribution >= 0.6 is 0 Å².